The molecule has 3 rings (SSSR count). The highest BCUT2D eigenvalue weighted by molar-refractivity contribution is 5.98. The van der Waals surface area contributed by atoms with E-state index in [0.717, 1.165) is 36.9 Å². The highest BCUT2D eigenvalue weighted by Gasteiger charge is 2.32. The van der Waals surface area contributed by atoms with Crippen molar-refractivity contribution in [2.75, 3.05) is 18.0 Å². The van der Waals surface area contributed by atoms with Gasteiger partial charge in [-0.05, 0) is 37.3 Å². The average Bonchev–Trinajstić information content (AvgIpc) is 2.40. The highest BCUT2D eigenvalue weighted by atomic mass is 16.4. The Morgan fingerprint density at radius 2 is 2.05 bits per heavy atom. The Hall–Kier alpha value is -2.11. The van der Waals surface area contributed by atoms with Crippen molar-refractivity contribution < 1.29 is 14.7 Å². The van der Waals surface area contributed by atoms with Gasteiger partial charge in [-0.15, -0.1) is 0 Å². The standard InChI is InChI=1S/C15H19N3O3/c16-14(21)11-6-10-3-1-2-4-12(10)17-15(11)18-7-9(8-18)5-13(19)20/h6,9H,1-5,7-8H2,(H2,16,21)(H,19,20). The lowest BCUT2D eigenvalue weighted by Gasteiger charge is -2.40. The maximum Gasteiger partial charge on any atom is 0.303 e. The van der Waals surface area contributed by atoms with E-state index in [1.807, 2.05) is 11.0 Å². The number of hydrogen-bond donors (Lipinski definition) is 2. The second kappa shape index (κ2) is 5.35. The maximum atomic E-state index is 11.7. The second-order valence-corrected chi connectivity index (χ2v) is 5.91. The fourth-order valence-electron chi connectivity index (χ4n) is 3.16. The monoisotopic (exact) mass is 289 g/mol. The molecule has 0 atom stereocenters. The van der Waals surface area contributed by atoms with Gasteiger partial charge >= 0.3 is 5.97 Å². The number of pyridine rings is 1. The second-order valence-electron chi connectivity index (χ2n) is 5.91. The minimum absolute atomic E-state index is 0.126. The van der Waals surface area contributed by atoms with Crippen molar-refractivity contribution in [2.45, 2.75) is 32.1 Å². The van der Waals surface area contributed by atoms with Crippen LogP contribution in [0.15, 0.2) is 6.07 Å². The summed E-state index contributed by atoms with van der Waals surface area (Å²) in [5.41, 5.74) is 8.13. The van der Waals surface area contributed by atoms with Crippen LogP contribution < -0.4 is 10.6 Å². The van der Waals surface area contributed by atoms with Crippen molar-refractivity contribution in [3.8, 4) is 0 Å². The number of aliphatic carboxylic acids is 1. The van der Waals surface area contributed by atoms with Gasteiger partial charge in [-0.2, -0.15) is 0 Å². The summed E-state index contributed by atoms with van der Waals surface area (Å²) in [6.07, 6.45) is 4.29. The summed E-state index contributed by atoms with van der Waals surface area (Å²) in [5.74, 6) is -0.494. The number of fused-ring (bicyclic) bond motifs is 1. The number of aryl methyl sites for hydroxylation is 2. The summed E-state index contributed by atoms with van der Waals surface area (Å²) in [4.78, 5) is 29.0. The zero-order chi connectivity index (χ0) is 15.0. The lowest BCUT2D eigenvalue weighted by molar-refractivity contribution is -0.138. The average molecular weight is 289 g/mol. The summed E-state index contributed by atoms with van der Waals surface area (Å²) >= 11 is 0. The van der Waals surface area contributed by atoms with E-state index >= 15 is 0 Å². The number of rotatable bonds is 4. The first kappa shape index (κ1) is 13.9. The van der Waals surface area contributed by atoms with Crippen LogP contribution in [0.2, 0.25) is 0 Å². The minimum atomic E-state index is -0.784. The van der Waals surface area contributed by atoms with Gasteiger partial charge in [0.2, 0.25) is 0 Å². The first-order valence-electron chi connectivity index (χ1n) is 7.34. The molecule has 112 valence electrons. The summed E-state index contributed by atoms with van der Waals surface area (Å²) in [6.45, 7) is 1.25. The van der Waals surface area contributed by atoms with Gasteiger partial charge < -0.3 is 15.7 Å². The zero-order valence-electron chi connectivity index (χ0n) is 11.8. The molecule has 21 heavy (non-hydrogen) atoms. The number of nitrogens with zero attached hydrogens (tertiary/aromatic N) is 2. The van der Waals surface area contributed by atoms with Crippen LogP contribution in [0, 0.1) is 5.92 Å². The molecular weight excluding hydrogens is 270 g/mol. The SMILES string of the molecule is NC(=O)c1cc2c(nc1N1CC(CC(=O)O)C1)CCCC2. The van der Waals surface area contributed by atoms with E-state index in [1.54, 1.807) is 0 Å². The van der Waals surface area contributed by atoms with Gasteiger partial charge in [-0.25, -0.2) is 4.98 Å². The van der Waals surface area contributed by atoms with Crippen LogP contribution in [0.1, 0.15) is 40.9 Å². The van der Waals surface area contributed by atoms with E-state index < -0.39 is 11.9 Å². The Morgan fingerprint density at radius 3 is 2.71 bits per heavy atom. The predicted molar refractivity (Wildman–Crippen MR) is 77.4 cm³/mol. The summed E-state index contributed by atoms with van der Waals surface area (Å²) < 4.78 is 0. The molecule has 2 aliphatic rings. The van der Waals surface area contributed by atoms with E-state index in [1.165, 1.54) is 0 Å². The predicted octanol–water partition coefficient (Wildman–Crippen LogP) is 0.970. The molecule has 1 fully saturated rings. The van der Waals surface area contributed by atoms with Crippen molar-refractivity contribution in [1.82, 2.24) is 4.98 Å². The Balaban J connectivity index is 1.84. The van der Waals surface area contributed by atoms with Crippen molar-refractivity contribution >= 4 is 17.7 Å². The first-order valence-corrected chi connectivity index (χ1v) is 7.34. The van der Waals surface area contributed by atoms with E-state index in [4.69, 9.17) is 10.8 Å². The third kappa shape index (κ3) is 2.70. The van der Waals surface area contributed by atoms with Crippen molar-refractivity contribution in [3.63, 3.8) is 0 Å². The fourth-order valence-corrected chi connectivity index (χ4v) is 3.16. The fraction of sp³-hybridized carbons (Fsp3) is 0.533. The molecule has 6 heteroatoms. The number of carbonyl (C=O) groups is 2. The molecule has 2 heterocycles. The summed E-state index contributed by atoms with van der Waals surface area (Å²) in [5, 5.41) is 8.80. The number of anilines is 1. The lowest BCUT2D eigenvalue weighted by Crippen LogP contribution is -2.49. The van der Waals surface area contributed by atoms with Crippen LogP contribution in [0.4, 0.5) is 5.82 Å². The van der Waals surface area contributed by atoms with E-state index in [9.17, 15) is 9.59 Å². The molecule has 0 unspecified atom stereocenters. The molecule has 1 aromatic rings. The van der Waals surface area contributed by atoms with Gasteiger partial charge in [0.05, 0.1) is 12.0 Å². The molecule has 1 saturated heterocycles. The van der Waals surface area contributed by atoms with E-state index in [-0.39, 0.29) is 12.3 Å². The molecule has 0 aromatic carbocycles. The molecule has 0 radical (unpaired) electrons. The highest BCUT2D eigenvalue weighted by Crippen LogP contribution is 2.31. The van der Waals surface area contributed by atoms with Gasteiger partial charge in [0.1, 0.15) is 5.82 Å². The van der Waals surface area contributed by atoms with Crippen LogP contribution in [0.3, 0.4) is 0 Å². The molecule has 3 N–H and O–H groups in total. The number of amides is 1. The normalized spacial score (nSPS) is 18.0. The molecule has 1 aromatic heterocycles. The van der Waals surface area contributed by atoms with Crippen LogP contribution >= 0.6 is 0 Å². The number of carboxylic acid groups (broad SMARTS) is 1. The number of carbonyl (C=O) groups excluding carboxylic acids is 1. The van der Waals surface area contributed by atoms with E-state index in [0.29, 0.717) is 24.5 Å². The van der Waals surface area contributed by atoms with Crippen molar-refractivity contribution in [2.24, 2.45) is 11.7 Å². The topological polar surface area (TPSA) is 96.5 Å². The van der Waals surface area contributed by atoms with Gasteiger partial charge in [0.25, 0.3) is 5.91 Å². The Kier molecular flexibility index (Phi) is 3.53. The molecule has 0 spiro atoms. The summed E-state index contributed by atoms with van der Waals surface area (Å²) in [7, 11) is 0. The third-order valence-corrected chi connectivity index (χ3v) is 4.27. The van der Waals surface area contributed by atoms with Gasteiger partial charge in [0.15, 0.2) is 0 Å². The third-order valence-electron chi connectivity index (χ3n) is 4.27. The maximum absolute atomic E-state index is 11.7. The quantitative estimate of drug-likeness (QED) is 0.861. The van der Waals surface area contributed by atoms with E-state index in [2.05, 4.69) is 4.98 Å². The molecule has 1 amide bonds. The largest absolute Gasteiger partial charge is 0.481 e. The van der Waals surface area contributed by atoms with Crippen molar-refractivity contribution in [1.29, 1.82) is 0 Å². The molecular formula is C15H19N3O3. The lowest BCUT2D eigenvalue weighted by atomic mass is 9.92. The first-order chi connectivity index (χ1) is 10.0. The number of hydrogen-bond acceptors (Lipinski definition) is 4. The molecule has 0 bridgehead atoms. The van der Waals surface area contributed by atoms with Crippen LogP contribution in [0.5, 0.6) is 0 Å². The van der Waals surface area contributed by atoms with Crippen molar-refractivity contribution in [3.05, 3.63) is 22.9 Å². The van der Waals surface area contributed by atoms with Gasteiger partial charge in [-0.3, -0.25) is 9.59 Å². The molecule has 0 saturated carbocycles. The van der Waals surface area contributed by atoms with Gasteiger partial charge in [0, 0.05) is 24.7 Å². The zero-order valence-corrected chi connectivity index (χ0v) is 11.8. The Labute approximate surface area is 123 Å². The van der Waals surface area contributed by atoms with Gasteiger partial charge in [-0.1, -0.05) is 0 Å². The minimum Gasteiger partial charge on any atom is -0.481 e. The number of primary amides is 1. The Bertz CT molecular complexity index is 594. The number of carboxylic acids is 1. The van der Waals surface area contributed by atoms with Crippen LogP contribution in [-0.4, -0.2) is 35.1 Å². The number of nitrogens with two attached hydrogens (primary N) is 1. The molecule has 1 aliphatic heterocycles. The van der Waals surface area contributed by atoms with Crippen LogP contribution in [-0.2, 0) is 17.6 Å². The van der Waals surface area contributed by atoms with Crippen LogP contribution in [0.25, 0.3) is 0 Å². The Morgan fingerprint density at radius 1 is 1.33 bits per heavy atom. The molecule has 6 nitrogen and oxygen atoms in total. The number of aromatic nitrogens is 1. The summed E-state index contributed by atoms with van der Waals surface area (Å²) in [6, 6.07) is 1.88. The smallest absolute Gasteiger partial charge is 0.303 e. The molecule has 1 aliphatic carbocycles.